The monoisotopic (exact) mass is 472 g/mol. The number of aliphatic carboxylic acids is 1. The molecule has 0 spiro atoms. The van der Waals surface area contributed by atoms with Gasteiger partial charge in [-0.05, 0) is 31.0 Å². The van der Waals surface area contributed by atoms with Crippen LogP contribution in [-0.4, -0.2) is 47.8 Å². The molecule has 0 aliphatic carbocycles. The Morgan fingerprint density at radius 1 is 1.24 bits per heavy atom. The first-order valence-corrected chi connectivity index (χ1v) is 9.94. The zero-order valence-corrected chi connectivity index (χ0v) is 17.7. The summed E-state index contributed by atoms with van der Waals surface area (Å²) in [6.07, 6.45) is -3.28. The normalized spacial score (nSPS) is 15.2. The van der Waals surface area contributed by atoms with Crippen molar-refractivity contribution in [3.63, 3.8) is 0 Å². The molecule has 2 aromatic rings. The minimum absolute atomic E-state index is 0.0868. The van der Waals surface area contributed by atoms with Gasteiger partial charge in [-0.2, -0.15) is 18.2 Å². The number of nitrogens with zero attached hydrogens (tertiary/aromatic N) is 1. The second kappa shape index (κ2) is 12.0. The van der Waals surface area contributed by atoms with Gasteiger partial charge in [0.1, 0.15) is 0 Å². The molecule has 0 bridgehead atoms. The van der Waals surface area contributed by atoms with E-state index in [2.05, 4.69) is 20.9 Å². The summed E-state index contributed by atoms with van der Waals surface area (Å²) in [5.74, 6) is -2.91. The van der Waals surface area contributed by atoms with Crippen molar-refractivity contribution in [2.24, 2.45) is 0 Å². The molecular weight excluding hydrogens is 448 g/mol. The van der Waals surface area contributed by atoms with E-state index in [9.17, 15) is 22.4 Å². The SMILES string of the molecule is COc1nc(NCc2ccccc2)c(F)cc1CNC(=O)C1CCCN1.O=C(O)C(F)(F)F. The standard InChI is InChI=1S/C19H23FN4O2.C2HF3O2/c1-26-19-14(12-23-18(25)16-8-5-9-21-16)10-15(20)17(24-19)22-11-13-6-3-2-4-7-13;3-2(4,5)1(6)7/h2-4,6-7,10,16,21H,5,8-9,11-12H2,1H3,(H,22,24)(H,23,25);(H,6,7). The van der Waals surface area contributed by atoms with E-state index in [1.54, 1.807) is 0 Å². The molecule has 2 heterocycles. The number of carbonyl (C=O) groups is 2. The van der Waals surface area contributed by atoms with Crippen molar-refractivity contribution >= 4 is 17.7 Å². The number of amides is 1. The average Bonchev–Trinajstić information content (AvgIpc) is 3.32. The minimum atomic E-state index is -5.08. The Labute approximate surface area is 187 Å². The Morgan fingerprint density at radius 3 is 2.45 bits per heavy atom. The predicted molar refractivity (Wildman–Crippen MR) is 111 cm³/mol. The second-order valence-electron chi connectivity index (χ2n) is 7.00. The number of hydrogen-bond donors (Lipinski definition) is 4. The Bertz CT molecular complexity index is 936. The van der Waals surface area contributed by atoms with E-state index in [1.807, 2.05) is 30.3 Å². The fourth-order valence-electron chi connectivity index (χ4n) is 2.93. The lowest BCUT2D eigenvalue weighted by Gasteiger charge is -2.14. The Hall–Kier alpha value is -3.41. The minimum Gasteiger partial charge on any atom is -0.481 e. The molecule has 1 aromatic carbocycles. The van der Waals surface area contributed by atoms with Crippen LogP contribution in [0.4, 0.5) is 23.4 Å². The van der Waals surface area contributed by atoms with Gasteiger partial charge >= 0.3 is 12.1 Å². The first-order valence-electron chi connectivity index (χ1n) is 9.94. The summed E-state index contributed by atoms with van der Waals surface area (Å²) in [7, 11) is 1.48. The van der Waals surface area contributed by atoms with Crippen molar-refractivity contribution in [3.8, 4) is 5.88 Å². The van der Waals surface area contributed by atoms with Gasteiger partial charge in [-0.25, -0.2) is 9.18 Å². The Kier molecular flexibility index (Phi) is 9.40. The maximum Gasteiger partial charge on any atom is 0.490 e. The molecule has 1 amide bonds. The van der Waals surface area contributed by atoms with Crippen molar-refractivity contribution < 1.29 is 37.0 Å². The number of benzene rings is 1. The molecule has 1 aromatic heterocycles. The summed E-state index contributed by atoms with van der Waals surface area (Å²) in [6.45, 7) is 1.47. The van der Waals surface area contributed by atoms with Gasteiger partial charge in [-0.1, -0.05) is 30.3 Å². The topological polar surface area (TPSA) is 113 Å². The number of pyridine rings is 1. The summed E-state index contributed by atoms with van der Waals surface area (Å²) >= 11 is 0. The van der Waals surface area contributed by atoms with Crippen LogP contribution >= 0.6 is 0 Å². The third-order valence-electron chi connectivity index (χ3n) is 4.58. The third kappa shape index (κ3) is 8.22. The van der Waals surface area contributed by atoms with Crippen molar-refractivity contribution in [1.82, 2.24) is 15.6 Å². The molecule has 1 saturated heterocycles. The quantitative estimate of drug-likeness (QED) is 0.459. The molecule has 4 N–H and O–H groups in total. The number of rotatable bonds is 7. The summed E-state index contributed by atoms with van der Waals surface area (Å²) in [6, 6.07) is 10.8. The molecule has 1 atom stereocenters. The lowest BCUT2D eigenvalue weighted by atomic mass is 10.2. The highest BCUT2D eigenvalue weighted by molar-refractivity contribution is 5.82. The van der Waals surface area contributed by atoms with Crippen LogP contribution < -0.4 is 20.7 Å². The molecule has 33 heavy (non-hydrogen) atoms. The number of anilines is 1. The lowest BCUT2D eigenvalue weighted by molar-refractivity contribution is -0.192. The first-order chi connectivity index (χ1) is 15.6. The smallest absolute Gasteiger partial charge is 0.481 e. The maximum absolute atomic E-state index is 14.4. The first kappa shape index (κ1) is 25.8. The zero-order valence-electron chi connectivity index (χ0n) is 17.7. The van der Waals surface area contributed by atoms with E-state index >= 15 is 0 Å². The number of methoxy groups -OCH3 is 1. The van der Waals surface area contributed by atoms with Crippen molar-refractivity contribution in [3.05, 3.63) is 53.3 Å². The third-order valence-corrected chi connectivity index (χ3v) is 4.58. The molecule has 1 aliphatic heterocycles. The molecule has 8 nitrogen and oxygen atoms in total. The average molecular weight is 472 g/mol. The van der Waals surface area contributed by atoms with Gasteiger partial charge in [0.05, 0.1) is 13.2 Å². The van der Waals surface area contributed by atoms with Gasteiger partial charge in [0, 0.05) is 18.7 Å². The van der Waals surface area contributed by atoms with Gasteiger partial charge in [-0.15, -0.1) is 0 Å². The van der Waals surface area contributed by atoms with Crippen molar-refractivity contribution in [2.45, 2.75) is 38.1 Å². The van der Waals surface area contributed by atoms with Crippen LogP contribution in [0.25, 0.3) is 0 Å². The maximum atomic E-state index is 14.4. The highest BCUT2D eigenvalue weighted by Gasteiger charge is 2.38. The fraction of sp³-hybridized carbons (Fsp3) is 0.381. The summed E-state index contributed by atoms with van der Waals surface area (Å²) < 4.78 is 51.4. The fourth-order valence-corrected chi connectivity index (χ4v) is 2.93. The van der Waals surface area contributed by atoms with Crippen LogP contribution in [0.3, 0.4) is 0 Å². The molecule has 0 radical (unpaired) electrons. The second-order valence-corrected chi connectivity index (χ2v) is 7.00. The van der Waals surface area contributed by atoms with Gasteiger partial charge in [0.2, 0.25) is 11.8 Å². The number of ether oxygens (including phenoxy) is 1. The van der Waals surface area contributed by atoms with Crippen LogP contribution in [0.5, 0.6) is 5.88 Å². The lowest BCUT2D eigenvalue weighted by Crippen LogP contribution is -2.40. The number of hydrogen-bond acceptors (Lipinski definition) is 6. The zero-order chi connectivity index (χ0) is 24.4. The molecule has 12 heteroatoms. The van der Waals surface area contributed by atoms with Crippen LogP contribution in [0.2, 0.25) is 0 Å². The highest BCUT2D eigenvalue weighted by Crippen LogP contribution is 2.23. The van der Waals surface area contributed by atoms with Crippen LogP contribution in [-0.2, 0) is 22.7 Å². The van der Waals surface area contributed by atoms with Crippen LogP contribution in [0, 0.1) is 5.82 Å². The van der Waals surface area contributed by atoms with E-state index in [1.165, 1.54) is 13.2 Å². The van der Waals surface area contributed by atoms with E-state index in [4.69, 9.17) is 14.6 Å². The Balaban J connectivity index is 0.000000479. The molecule has 1 fully saturated rings. The van der Waals surface area contributed by atoms with Crippen LogP contribution in [0.1, 0.15) is 24.0 Å². The molecule has 1 aliphatic rings. The van der Waals surface area contributed by atoms with Crippen molar-refractivity contribution in [1.29, 1.82) is 0 Å². The molecule has 3 rings (SSSR count). The van der Waals surface area contributed by atoms with Crippen LogP contribution in [0.15, 0.2) is 36.4 Å². The molecular formula is C21H24F4N4O4. The van der Waals surface area contributed by atoms with Gasteiger partial charge in [0.15, 0.2) is 11.6 Å². The van der Waals surface area contributed by atoms with E-state index in [-0.39, 0.29) is 24.3 Å². The molecule has 1 unspecified atom stereocenters. The number of nitrogens with one attached hydrogen (secondary N) is 3. The van der Waals surface area contributed by atoms with Crippen molar-refractivity contribution in [2.75, 3.05) is 19.0 Å². The molecule has 180 valence electrons. The summed E-state index contributed by atoms with van der Waals surface area (Å²) in [5.41, 5.74) is 1.52. The Morgan fingerprint density at radius 2 is 1.91 bits per heavy atom. The highest BCUT2D eigenvalue weighted by atomic mass is 19.4. The number of carboxylic acids is 1. The number of carboxylic acid groups (broad SMARTS) is 1. The number of carbonyl (C=O) groups excluding carboxylic acids is 1. The number of halogens is 4. The largest absolute Gasteiger partial charge is 0.490 e. The molecule has 0 saturated carbocycles. The van der Waals surface area contributed by atoms with Gasteiger partial charge in [0.25, 0.3) is 0 Å². The summed E-state index contributed by atoms with van der Waals surface area (Å²) in [5, 5.41) is 16.0. The summed E-state index contributed by atoms with van der Waals surface area (Å²) in [4.78, 5) is 25.2. The van der Waals surface area contributed by atoms with Gasteiger partial charge < -0.3 is 25.8 Å². The predicted octanol–water partition coefficient (Wildman–Crippen LogP) is 2.84. The van der Waals surface area contributed by atoms with Gasteiger partial charge in [-0.3, -0.25) is 4.79 Å². The number of aromatic nitrogens is 1. The van der Waals surface area contributed by atoms with E-state index in [0.717, 1.165) is 24.9 Å². The van der Waals surface area contributed by atoms with E-state index < -0.39 is 18.0 Å². The van der Waals surface area contributed by atoms with E-state index in [0.29, 0.717) is 18.0 Å². The number of alkyl halides is 3.